The molecule has 0 spiro atoms. The number of rotatable bonds is 13. The number of carbonyl (C=O) groups excluding carboxylic acids is 6. The predicted octanol–water partition coefficient (Wildman–Crippen LogP) is 3.70. The monoisotopic (exact) mass is 742 g/mol. The summed E-state index contributed by atoms with van der Waals surface area (Å²) in [7, 11) is 1.48. The molecule has 7 amide bonds. The van der Waals surface area contributed by atoms with Gasteiger partial charge in [-0.25, -0.2) is 29.5 Å². The summed E-state index contributed by atoms with van der Waals surface area (Å²) in [6, 6.07) is 25.2. The highest BCUT2D eigenvalue weighted by Gasteiger charge is 2.31. The van der Waals surface area contributed by atoms with Crippen LogP contribution in [0.15, 0.2) is 101 Å². The summed E-state index contributed by atoms with van der Waals surface area (Å²) in [5, 5.41) is 11.5. The lowest BCUT2D eigenvalue weighted by Gasteiger charge is -2.29. The molecule has 3 aromatic carbocycles. The zero-order chi connectivity index (χ0) is 38.5. The molecule has 0 saturated carbocycles. The molecule has 1 aliphatic heterocycles. The van der Waals surface area contributed by atoms with Crippen molar-refractivity contribution < 1.29 is 43.0 Å². The molecule has 0 fully saturated rings. The largest absolute Gasteiger partial charge is 0.444 e. The van der Waals surface area contributed by atoms with Gasteiger partial charge in [0.25, 0.3) is 5.91 Å². The summed E-state index contributed by atoms with van der Waals surface area (Å²) < 4.78 is 15.5. The molecule has 0 bridgehead atoms. The number of carbonyl (C=O) groups is 6. The Labute approximate surface area is 311 Å². The van der Waals surface area contributed by atoms with Crippen molar-refractivity contribution in [2.75, 3.05) is 20.1 Å². The highest BCUT2D eigenvalue weighted by Crippen LogP contribution is 2.09. The fourth-order valence-electron chi connectivity index (χ4n) is 4.79. The molecule has 0 aliphatic carbocycles. The van der Waals surface area contributed by atoms with E-state index in [1.807, 2.05) is 47.8 Å². The van der Waals surface area contributed by atoms with Gasteiger partial charge in [0.15, 0.2) is 0 Å². The molecule has 5 N–H and O–H groups in total. The maximum atomic E-state index is 12.9. The fraction of sp³-hybridized carbons (Fsp3) is 0.297. The molecule has 284 valence electrons. The van der Waals surface area contributed by atoms with Crippen molar-refractivity contribution in [2.45, 2.75) is 51.5 Å². The van der Waals surface area contributed by atoms with Crippen molar-refractivity contribution in [3.8, 4) is 0 Å². The van der Waals surface area contributed by atoms with E-state index < -0.39 is 36.3 Å². The highest BCUT2D eigenvalue weighted by molar-refractivity contribution is 6.09. The van der Waals surface area contributed by atoms with E-state index in [2.05, 4.69) is 31.3 Å². The third-order valence-electron chi connectivity index (χ3n) is 7.67. The molecule has 0 radical (unpaired) electrons. The van der Waals surface area contributed by atoms with Crippen LogP contribution in [0.4, 0.5) is 19.2 Å². The second kappa shape index (κ2) is 21.6. The smallest absolute Gasteiger partial charge is 0.415 e. The number of nitrogens with one attached hydrogen (secondary N) is 5. The Balaban J connectivity index is 1.17. The lowest BCUT2D eigenvalue weighted by Crippen LogP contribution is -2.58. The van der Waals surface area contributed by atoms with E-state index in [9.17, 15) is 28.8 Å². The van der Waals surface area contributed by atoms with Gasteiger partial charge >= 0.3 is 24.3 Å². The maximum Gasteiger partial charge on any atom is 0.415 e. The number of ether oxygens (including phenoxy) is 3. The average molecular weight is 743 g/mol. The summed E-state index contributed by atoms with van der Waals surface area (Å²) in [5.41, 5.74) is 2.29. The number of hydrogen-bond acceptors (Lipinski definition) is 11. The first-order valence-electron chi connectivity index (χ1n) is 17.1. The van der Waals surface area contributed by atoms with Crippen LogP contribution in [0.5, 0.6) is 0 Å². The van der Waals surface area contributed by atoms with Gasteiger partial charge < -0.3 is 19.1 Å². The van der Waals surface area contributed by atoms with Crippen LogP contribution in [0.3, 0.4) is 0 Å². The Morgan fingerprint density at radius 3 is 1.69 bits per heavy atom. The Morgan fingerprint density at radius 1 is 0.722 bits per heavy atom. The van der Waals surface area contributed by atoms with Crippen molar-refractivity contribution in [1.82, 2.24) is 31.5 Å². The van der Waals surface area contributed by atoms with Crippen LogP contribution < -0.4 is 26.6 Å². The molecule has 4 rings (SSSR count). The van der Waals surface area contributed by atoms with E-state index >= 15 is 0 Å². The molecule has 0 saturated heterocycles. The zero-order valence-electron chi connectivity index (χ0n) is 29.6. The zero-order valence-corrected chi connectivity index (χ0v) is 29.6. The molecule has 1 atom stereocenters. The Morgan fingerprint density at radius 2 is 1.20 bits per heavy atom. The number of hydrogen-bond donors (Lipinski definition) is 5. The molecular formula is C37H42N8O9. The van der Waals surface area contributed by atoms with Crippen molar-refractivity contribution in [2.24, 2.45) is 9.98 Å². The van der Waals surface area contributed by atoms with E-state index in [0.29, 0.717) is 19.3 Å². The summed E-state index contributed by atoms with van der Waals surface area (Å²) in [5.74, 6) is -1.19. The Kier molecular flexibility index (Phi) is 16.0. The van der Waals surface area contributed by atoms with Crippen LogP contribution in [0.1, 0.15) is 42.4 Å². The minimum Gasteiger partial charge on any atom is -0.444 e. The second-order valence-electron chi connectivity index (χ2n) is 11.8. The van der Waals surface area contributed by atoms with Gasteiger partial charge in [-0.2, -0.15) is 0 Å². The Hall–Kier alpha value is -6.78. The molecule has 0 aromatic heterocycles. The number of urea groups is 1. The second-order valence-corrected chi connectivity index (χ2v) is 11.8. The lowest BCUT2D eigenvalue weighted by molar-refractivity contribution is -0.138. The van der Waals surface area contributed by atoms with Crippen LogP contribution in [0.2, 0.25) is 0 Å². The SMILES string of the molecule is CN(C(=O)CCCCCN=C(NC(=O)OCc1ccccc1)NC(=O)OCc1ccccc1)C1CN=C(NC(=O)NC(=O)OCc2ccccc2)NC1=O. The first-order valence-corrected chi connectivity index (χ1v) is 17.1. The van der Waals surface area contributed by atoms with Crippen molar-refractivity contribution in [3.05, 3.63) is 108 Å². The average Bonchev–Trinajstić information content (AvgIpc) is 3.17. The molecule has 1 unspecified atom stereocenters. The van der Waals surface area contributed by atoms with Gasteiger partial charge in [0.2, 0.25) is 17.8 Å². The van der Waals surface area contributed by atoms with E-state index in [1.165, 1.54) is 11.9 Å². The van der Waals surface area contributed by atoms with Crippen molar-refractivity contribution >= 4 is 48.0 Å². The van der Waals surface area contributed by atoms with Crippen LogP contribution in [-0.4, -0.2) is 79.1 Å². The van der Waals surface area contributed by atoms with E-state index in [0.717, 1.165) is 16.7 Å². The van der Waals surface area contributed by atoms with Gasteiger partial charge in [-0.3, -0.25) is 35.8 Å². The molecule has 17 nitrogen and oxygen atoms in total. The lowest BCUT2D eigenvalue weighted by atomic mass is 10.1. The summed E-state index contributed by atoms with van der Waals surface area (Å²) in [6.07, 6.45) is -0.953. The van der Waals surface area contributed by atoms with Gasteiger partial charge in [-0.15, -0.1) is 0 Å². The molecule has 17 heteroatoms. The molecule has 1 aliphatic rings. The fourth-order valence-corrected chi connectivity index (χ4v) is 4.79. The minimum absolute atomic E-state index is 0.0128. The van der Waals surface area contributed by atoms with Crippen LogP contribution in [0, 0.1) is 0 Å². The molecule has 1 heterocycles. The molecule has 54 heavy (non-hydrogen) atoms. The standard InChI is InChI=1S/C37H42N8O9/c1-45(29-22-39-33(40-31(29)47)41-34(48)44-37(51)54-25-28-18-10-4-11-19-28)30(46)20-12-5-13-21-38-32(42-35(49)52-23-26-14-6-2-7-15-26)43-36(50)53-24-27-16-8-3-9-17-27/h2-4,6-11,14-19,29H,5,12-13,20-25H2,1H3,(H2,38,42,43,49,50)(H3,39,40,41,44,47,48,51). The number of amides is 7. The number of nitrogens with zero attached hydrogens (tertiary/aromatic N) is 3. The summed E-state index contributed by atoms with van der Waals surface area (Å²) in [4.78, 5) is 84.3. The van der Waals surface area contributed by atoms with E-state index in [4.69, 9.17) is 14.2 Å². The van der Waals surface area contributed by atoms with Crippen LogP contribution in [-0.2, 0) is 43.6 Å². The van der Waals surface area contributed by atoms with Gasteiger partial charge in [0.1, 0.15) is 25.9 Å². The number of benzene rings is 3. The normalized spacial score (nSPS) is 13.2. The van der Waals surface area contributed by atoms with Crippen LogP contribution in [0.25, 0.3) is 0 Å². The minimum atomic E-state index is -0.985. The van der Waals surface area contributed by atoms with E-state index in [-0.39, 0.29) is 57.2 Å². The molecule has 3 aromatic rings. The number of guanidine groups is 2. The number of likely N-dealkylation sites (N-methyl/N-ethyl adjacent to an activating group) is 1. The first kappa shape index (κ1) is 40.0. The third kappa shape index (κ3) is 14.5. The van der Waals surface area contributed by atoms with E-state index in [1.54, 1.807) is 48.5 Å². The number of alkyl carbamates (subject to hydrolysis) is 3. The first-order chi connectivity index (χ1) is 26.2. The van der Waals surface area contributed by atoms with Crippen molar-refractivity contribution in [1.29, 1.82) is 0 Å². The van der Waals surface area contributed by atoms with Gasteiger partial charge in [0.05, 0.1) is 6.54 Å². The van der Waals surface area contributed by atoms with Gasteiger partial charge in [-0.1, -0.05) is 97.4 Å². The van der Waals surface area contributed by atoms with Gasteiger partial charge in [0, 0.05) is 20.0 Å². The predicted molar refractivity (Wildman–Crippen MR) is 196 cm³/mol. The third-order valence-corrected chi connectivity index (χ3v) is 7.67. The molecular weight excluding hydrogens is 700 g/mol. The van der Waals surface area contributed by atoms with Crippen molar-refractivity contribution in [3.63, 3.8) is 0 Å². The Bertz CT molecular complexity index is 1730. The van der Waals surface area contributed by atoms with Crippen LogP contribution >= 0.6 is 0 Å². The summed E-state index contributed by atoms with van der Waals surface area (Å²) in [6.45, 7) is 0.0788. The topological polar surface area (TPSA) is 218 Å². The van der Waals surface area contributed by atoms with Gasteiger partial charge in [-0.05, 0) is 29.5 Å². The summed E-state index contributed by atoms with van der Waals surface area (Å²) >= 11 is 0. The maximum absolute atomic E-state index is 12.9. The number of aliphatic imine (C=N–C) groups is 2. The quantitative estimate of drug-likeness (QED) is 0.0745. The highest BCUT2D eigenvalue weighted by atomic mass is 16.6. The number of unbranched alkanes of at least 4 members (excludes halogenated alkanes) is 2. The number of imide groups is 1.